The van der Waals surface area contributed by atoms with Crippen molar-refractivity contribution in [2.75, 3.05) is 25.5 Å². The molecule has 0 aromatic heterocycles. The summed E-state index contributed by atoms with van der Waals surface area (Å²) in [6, 6.07) is 7.90. The second-order valence-electron chi connectivity index (χ2n) is 4.20. The lowest BCUT2D eigenvalue weighted by Crippen LogP contribution is -2.27. The van der Waals surface area contributed by atoms with Gasteiger partial charge < -0.3 is 15.0 Å². The van der Waals surface area contributed by atoms with Crippen molar-refractivity contribution in [3.8, 4) is 0 Å². The summed E-state index contributed by atoms with van der Waals surface area (Å²) >= 11 is 0. The second-order valence-corrected chi connectivity index (χ2v) is 4.20. The minimum atomic E-state index is -0.271. The number of anilines is 1. The molecular weight excluding hydrogens is 228 g/mol. The molecule has 0 bridgehead atoms. The van der Waals surface area contributed by atoms with Crippen LogP contribution >= 0.6 is 0 Å². The molecule has 1 amide bonds. The first-order valence-corrected chi connectivity index (χ1v) is 6.38. The molecule has 0 aliphatic carbocycles. The van der Waals surface area contributed by atoms with E-state index in [0.717, 1.165) is 30.8 Å². The minimum Gasteiger partial charge on any atom is -0.445 e. The first-order valence-electron chi connectivity index (χ1n) is 6.38. The van der Waals surface area contributed by atoms with E-state index in [1.807, 2.05) is 31.2 Å². The van der Waals surface area contributed by atoms with Gasteiger partial charge in [0.1, 0.15) is 6.61 Å². The van der Waals surface area contributed by atoms with Gasteiger partial charge in [0.2, 0.25) is 0 Å². The SMILES string of the molecule is CCCN(C)C(=O)OCc1ccc(NCC)cc1. The van der Waals surface area contributed by atoms with Crippen LogP contribution in [0.15, 0.2) is 24.3 Å². The highest BCUT2D eigenvalue weighted by atomic mass is 16.6. The van der Waals surface area contributed by atoms with Gasteiger partial charge in [-0.2, -0.15) is 0 Å². The summed E-state index contributed by atoms with van der Waals surface area (Å²) in [6.07, 6.45) is 0.663. The number of benzene rings is 1. The van der Waals surface area contributed by atoms with Crippen LogP contribution in [0.5, 0.6) is 0 Å². The summed E-state index contributed by atoms with van der Waals surface area (Å²) in [5.41, 5.74) is 2.07. The van der Waals surface area contributed by atoms with Gasteiger partial charge in [0, 0.05) is 25.8 Å². The Bertz CT molecular complexity index is 363. The van der Waals surface area contributed by atoms with Crippen molar-refractivity contribution in [1.29, 1.82) is 0 Å². The zero-order valence-electron chi connectivity index (χ0n) is 11.4. The number of amides is 1. The van der Waals surface area contributed by atoms with Crippen LogP contribution in [-0.4, -0.2) is 31.1 Å². The molecule has 0 aliphatic heterocycles. The highest BCUT2D eigenvalue weighted by molar-refractivity contribution is 5.67. The third-order valence-electron chi connectivity index (χ3n) is 2.57. The fraction of sp³-hybridized carbons (Fsp3) is 0.500. The highest BCUT2D eigenvalue weighted by Crippen LogP contribution is 2.10. The van der Waals surface area contributed by atoms with E-state index in [-0.39, 0.29) is 6.09 Å². The van der Waals surface area contributed by atoms with Gasteiger partial charge in [-0.15, -0.1) is 0 Å². The topological polar surface area (TPSA) is 41.6 Å². The van der Waals surface area contributed by atoms with Crippen LogP contribution in [0.1, 0.15) is 25.8 Å². The standard InChI is InChI=1S/C14H22N2O2/c1-4-10-16(3)14(17)18-11-12-6-8-13(9-7-12)15-5-2/h6-9,15H,4-5,10-11H2,1-3H3. The van der Waals surface area contributed by atoms with Crippen molar-refractivity contribution in [2.24, 2.45) is 0 Å². The zero-order valence-corrected chi connectivity index (χ0v) is 11.4. The Labute approximate surface area is 109 Å². The fourth-order valence-corrected chi connectivity index (χ4v) is 1.60. The Hall–Kier alpha value is -1.71. The van der Waals surface area contributed by atoms with Gasteiger partial charge in [0.05, 0.1) is 0 Å². The van der Waals surface area contributed by atoms with Crippen molar-refractivity contribution in [3.05, 3.63) is 29.8 Å². The number of carbonyl (C=O) groups excluding carboxylic acids is 1. The molecule has 0 spiro atoms. The number of nitrogens with one attached hydrogen (secondary N) is 1. The molecule has 1 N–H and O–H groups in total. The molecule has 4 heteroatoms. The molecule has 0 unspecified atom stereocenters. The first kappa shape index (κ1) is 14.4. The molecule has 0 atom stereocenters. The van der Waals surface area contributed by atoms with Crippen molar-refractivity contribution < 1.29 is 9.53 Å². The van der Waals surface area contributed by atoms with Crippen LogP contribution < -0.4 is 5.32 Å². The number of nitrogens with zero attached hydrogens (tertiary/aromatic N) is 1. The van der Waals surface area contributed by atoms with Crippen molar-refractivity contribution >= 4 is 11.8 Å². The third kappa shape index (κ3) is 4.65. The van der Waals surface area contributed by atoms with Gasteiger partial charge in [0.15, 0.2) is 0 Å². The minimum absolute atomic E-state index is 0.271. The van der Waals surface area contributed by atoms with E-state index >= 15 is 0 Å². The number of hydrogen-bond acceptors (Lipinski definition) is 3. The molecule has 18 heavy (non-hydrogen) atoms. The molecule has 1 aromatic carbocycles. The van der Waals surface area contributed by atoms with Gasteiger partial charge in [-0.25, -0.2) is 4.79 Å². The molecule has 0 saturated heterocycles. The molecule has 4 nitrogen and oxygen atoms in total. The largest absolute Gasteiger partial charge is 0.445 e. The number of carbonyl (C=O) groups is 1. The smallest absolute Gasteiger partial charge is 0.409 e. The molecule has 0 fully saturated rings. The van der Waals surface area contributed by atoms with Crippen LogP contribution in [0.4, 0.5) is 10.5 Å². The summed E-state index contributed by atoms with van der Waals surface area (Å²) in [5.74, 6) is 0. The molecule has 1 aromatic rings. The maximum absolute atomic E-state index is 11.6. The maximum atomic E-state index is 11.6. The van der Waals surface area contributed by atoms with Gasteiger partial charge in [-0.05, 0) is 31.0 Å². The summed E-state index contributed by atoms with van der Waals surface area (Å²) in [4.78, 5) is 13.2. The maximum Gasteiger partial charge on any atom is 0.409 e. The van der Waals surface area contributed by atoms with Crippen molar-refractivity contribution in [3.63, 3.8) is 0 Å². The van der Waals surface area contributed by atoms with Crippen LogP contribution in [0.3, 0.4) is 0 Å². The lowest BCUT2D eigenvalue weighted by molar-refractivity contribution is 0.105. The number of ether oxygens (including phenoxy) is 1. The summed E-state index contributed by atoms with van der Waals surface area (Å²) < 4.78 is 5.21. The predicted molar refractivity (Wildman–Crippen MR) is 73.7 cm³/mol. The number of rotatable bonds is 6. The Balaban J connectivity index is 2.41. The van der Waals surface area contributed by atoms with E-state index < -0.39 is 0 Å². The van der Waals surface area contributed by atoms with E-state index in [1.165, 1.54) is 0 Å². The van der Waals surface area contributed by atoms with Crippen LogP contribution in [0.2, 0.25) is 0 Å². The predicted octanol–water partition coefficient (Wildman–Crippen LogP) is 3.10. The van der Waals surface area contributed by atoms with E-state index in [4.69, 9.17) is 4.74 Å². The van der Waals surface area contributed by atoms with Gasteiger partial charge in [-0.1, -0.05) is 19.1 Å². The first-order chi connectivity index (χ1) is 8.67. The molecule has 1 rings (SSSR count). The van der Waals surface area contributed by atoms with Crippen LogP contribution in [0, 0.1) is 0 Å². The van der Waals surface area contributed by atoms with E-state index in [2.05, 4.69) is 12.2 Å². The Morgan fingerprint density at radius 2 is 1.94 bits per heavy atom. The number of hydrogen-bond donors (Lipinski definition) is 1. The Morgan fingerprint density at radius 3 is 2.50 bits per heavy atom. The normalized spacial score (nSPS) is 9.94. The van der Waals surface area contributed by atoms with Gasteiger partial charge >= 0.3 is 6.09 Å². The summed E-state index contributed by atoms with van der Waals surface area (Å²) in [6.45, 7) is 6.02. The van der Waals surface area contributed by atoms with Crippen molar-refractivity contribution in [2.45, 2.75) is 26.9 Å². The lowest BCUT2D eigenvalue weighted by atomic mass is 10.2. The molecular formula is C14H22N2O2. The fourth-order valence-electron chi connectivity index (χ4n) is 1.60. The summed E-state index contributed by atoms with van der Waals surface area (Å²) in [5, 5.41) is 3.22. The van der Waals surface area contributed by atoms with Crippen LogP contribution in [0.25, 0.3) is 0 Å². The van der Waals surface area contributed by atoms with E-state index in [9.17, 15) is 4.79 Å². The highest BCUT2D eigenvalue weighted by Gasteiger charge is 2.08. The quantitative estimate of drug-likeness (QED) is 0.843. The second kappa shape index (κ2) is 7.58. The lowest BCUT2D eigenvalue weighted by Gasteiger charge is -2.15. The Kier molecular flexibility index (Phi) is 6.05. The molecule has 0 heterocycles. The monoisotopic (exact) mass is 250 g/mol. The molecule has 0 aliphatic rings. The van der Waals surface area contributed by atoms with E-state index in [0.29, 0.717) is 6.61 Å². The van der Waals surface area contributed by atoms with E-state index in [1.54, 1.807) is 11.9 Å². The molecule has 0 saturated carbocycles. The third-order valence-corrected chi connectivity index (χ3v) is 2.57. The van der Waals surface area contributed by atoms with Crippen LogP contribution in [-0.2, 0) is 11.3 Å². The Morgan fingerprint density at radius 1 is 1.28 bits per heavy atom. The summed E-state index contributed by atoms with van der Waals surface area (Å²) in [7, 11) is 1.75. The van der Waals surface area contributed by atoms with Gasteiger partial charge in [0.25, 0.3) is 0 Å². The van der Waals surface area contributed by atoms with Gasteiger partial charge in [-0.3, -0.25) is 0 Å². The van der Waals surface area contributed by atoms with Crippen molar-refractivity contribution in [1.82, 2.24) is 4.90 Å². The average Bonchev–Trinajstić information content (AvgIpc) is 2.38. The average molecular weight is 250 g/mol. The molecule has 100 valence electrons. The zero-order chi connectivity index (χ0) is 13.4. The molecule has 0 radical (unpaired) electrons.